The second-order valence-corrected chi connectivity index (χ2v) is 8.64. The smallest absolute Gasteiger partial charge is 0.328 e. The summed E-state index contributed by atoms with van der Waals surface area (Å²) in [6.07, 6.45) is 0. The van der Waals surface area contributed by atoms with Crippen molar-refractivity contribution in [2.24, 2.45) is 0 Å². The number of aliphatic carboxylic acids is 1. The van der Waals surface area contributed by atoms with Crippen LogP contribution in [0.2, 0.25) is 5.02 Å². The maximum absolute atomic E-state index is 15.1. The molecule has 10 heteroatoms. The lowest BCUT2D eigenvalue weighted by atomic mass is 9.95. The summed E-state index contributed by atoms with van der Waals surface area (Å²) >= 11 is 5.97. The third-order valence-electron chi connectivity index (χ3n) is 5.48. The molecule has 0 spiro atoms. The third kappa shape index (κ3) is 4.16. The minimum absolute atomic E-state index is 0.00636. The molecule has 3 aromatic rings. The number of fused-ring (bicyclic) bond motifs is 1. The molecule has 0 saturated heterocycles. The zero-order chi connectivity index (χ0) is 24.8. The molecule has 1 atom stereocenters. The first kappa shape index (κ1) is 24.2. The molecule has 0 unspecified atom stereocenters. The van der Waals surface area contributed by atoms with Crippen LogP contribution < -0.4 is 5.32 Å². The van der Waals surface area contributed by atoms with Crippen molar-refractivity contribution in [2.45, 2.75) is 39.2 Å². The Morgan fingerprint density at radius 3 is 2.39 bits per heavy atom. The molecule has 2 aromatic carbocycles. The Hall–Kier alpha value is -3.46. The Bertz CT molecular complexity index is 1320. The normalized spacial score (nSPS) is 12.6. The predicted octanol–water partition coefficient (Wildman–Crippen LogP) is 4.36. The van der Waals surface area contributed by atoms with Crippen LogP contribution in [0.15, 0.2) is 30.3 Å². The number of carboxylic acids is 1. The summed E-state index contributed by atoms with van der Waals surface area (Å²) < 4.78 is 30.4. The van der Waals surface area contributed by atoms with Crippen LogP contribution in [0.5, 0.6) is 5.75 Å². The molecule has 3 rings (SSSR count). The van der Waals surface area contributed by atoms with Gasteiger partial charge in [0, 0.05) is 27.7 Å². The fourth-order valence-electron chi connectivity index (χ4n) is 3.65. The average Bonchev–Trinajstić information content (AvgIpc) is 3.02. The van der Waals surface area contributed by atoms with Crippen LogP contribution in [0.4, 0.5) is 8.78 Å². The summed E-state index contributed by atoms with van der Waals surface area (Å²) in [4.78, 5) is 37.6. The molecule has 0 fully saturated rings. The van der Waals surface area contributed by atoms with Gasteiger partial charge in [-0.2, -0.15) is 0 Å². The van der Waals surface area contributed by atoms with Crippen molar-refractivity contribution < 1.29 is 33.4 Å². The van der Waals surface area contributed by atoms with Crippen molar-refractivity contribution >= 4 is 40.3 Å². The number of nitrogens with one attached hydrogen (secondary N) is 1. The van der Waals surface area contributed by atoms with Gasteiger partial charge in [-0.1, -0.05) is 17.7 Å². The number of amides is 1. The molecule has 1 heterocycles. The number of halogens is 3. The van der Waals surface area contributed by atoms with Gasteiger partial charge in [-0.05, 0) is 51.5 Å². The summed E-state index contributed by atoms with van der Waals surface area (Å²) in [6, 6.07) is 6.75. The minimum Gasteiger partial charge on any atom is -0.503 e. The number of aromatic nitrogens is 1. The number of nitrogens with zero attached hydrogens (tertiary/aromatic N) is 1. The number of hydrogen-bond acceptors (Lipinski definition) is 4. The van der Waals surface area contributed by atoms with Gasteiger partial charge < -0.3 is 15.5 Å². The quantitative estimate of drug-likeness (QED) is 0.505. The number of phenolic OH excluding ortho intramolecular Hbond substituents is 1. The topological polar surface area (TPSA) is 109 Å². The summed E-state index contributed by atoms with van der Waals surface area (Å²) in [5, 5.41) is 21.5. The number of hydrogen-bond donors (Lipinski definition) is 3. The molecule has 33 heavy (non-hydrogen) atoms. The van der Waals surface area contributed by atoms with E-state index >= 15 is 4.39 Å². The summed E-state index contributed by atoms with van der Waals surface area (Å²) in [7, 11) is 0. The predicted molar refractivity (Wildman–Crippen MR) is 118 cm³/mol. The van der Waals surface area contributed by atoms with Crippen LogP contribution in [-0.4, -0.2) is 38.1 Å². The van der Waals surface area contributed by atoms with Crippen molar-refractivity contribution in [2.75, 3.05) is 0 Å². The van der Waals surface area contributed by atoms with E-state index in [0.29, 0.717) is 0 Å². The Balaban J connectivity index is 2.27. The first-order chi connectivity index (χ1) is 15.3. The first-order valence-electron chi connectivity index (χ1n) is 9.85. The van der Waals surface area contributed by atoms with E-state index in [0.717, 1.165) is 10.6 Å². The van der Waals surface area contributed by atoms with E-state index in [2.05, 4.69) is 5.32 Å². The molecule has 0 aliphatic heterocycles. The Labute approximate surface area is 192 Å². The van der Waals surface area contributed by atoms with E-state index in [9.17, 15) is 29.0 Å². The van der Waals surface area contributed by atoms with Gasteiger partial charge in [0.2, 0.25) is 5.91 Å². The van der Waals surface area contributed by atoms with E-state index in [4.69, 9.17) is 11.6 Å². The van der Waals surface area contributed by atoms with Crippen LogP contribution in [0.3, 0.4) is 0 Å². The molecule has 1 aromatic heterocycles. The molecule has 3 N–H and O–H groups in total. The lowest BCUT2D eigenvalue weighted by Gasteiger charge is -2.23. The number of carbonyl (C=O) groups excluding carboxylic acids is 2. The van der Waals surface area contributed by atoms with Gasteiger partial charge >= 0.3 is 5.97 Å². The largest absolute Gasteiger partial charge is 0.503 e. The van der Waals surface area contributed by atoms with Crippen LogP contribution in [0.25, 0.3) is 10.9 Å². The number of rotatable bonds is 5. The first-order valence-corrected chi connectivity index (χ1v) is 10.2. The van der Waals surface area contributed by atoms with Gasteiger partial charge in [0.1, 0.15) is 5.54 Å². The number of carboxylic acid groups (broad SMARTS) is 1. The zero-order valence-electron chi connectivity index (χ0n) is 18.2. The highest BCUT2D eigenvalue weighted by Crippen LogP contribution is 2.38. The van der Waals surface area contributed by atoms with Crippen molar-refractivity contribution in [3.05, 3.63) is 63.8 Å². The third-order valence-corrected chi connectivity index (χ3v) is 5.72. The summed E-state index contributed by atoms with van der Waals surface area (Å²) in [6.45, 7) is 5.39. The van der Waals surface area contributed by atoms with Crippen LogP contribution >= 0.6 is 11.6 Å². The van der Waals surface area contributed by atoms with Gasteiger partial charge in [-0.15, -0.1) is 0 Å². The number of carbonyl (C=O) groups is 3. The van der Waals surface area contributed by atoms with Gasteiger partial charge in [-0.25, -0.2) is 13.6 Å². The molecule has 0 aliphatic carbocycles. The maximum Gasteiger partial charge on any atom is 0.328 e. The summed E-state index contributed by atoms with van der Waals surface area (Å²) in [5.74, 6) is -7.74. The van der Waals surface area contributed by atoms with Gasteiger partial charge in [0.15, 0.2) is 17.4 Å². The monoisotopic (exact) mass is 478 g/mol. The Morgan fingerprint density at radius 1 is 1.18 bits per heavy atom. The molecule has 7 nitrogen and oxygen atoms in total. The van der Waals surface area contributed by atoms with Crippen LogP contribution in [0, 0.1) is 18.6 Å². The van der Waals surface area contributed by atoms with E-state index in [-0.39, 0.29) is 32.7 Å². The molecule has 0 saturated carbocycles. The second-order valence-electron chi connectivity index (χ2n) is 8.21. The molecule has 174 valence electrons. The minimum atomic E-state index is -1.62. The highest BCUT2D eigenvalue weighted by Gasteiger charge is 2.35. The van der Waals surface area contributed by atoms with Crippen LogP contribution in [0.1, 0.15) is 48.3 Å². The lowest BCUT2D eigenvalue weighted by molar-refractivity contribution is -0.146. The highest BCUT2D eigenvalue weighted by atomic mass is 35.5. The zero-order valence-corrected chi connectivity index (χ0v) is 18.9. The molecule has 0 aliphatic rings. The number of aromatic hydroxyl groups is 1. The van der Waals surface area contributed by atoms with E-state index in [1.807, 2.05) is 0 Å². The van der Waals surface area contributed by atoms with Crippen LogP contribution in [-0.2, 0) is 9.59 Å². The molecule has 0 bridgehead atoms. The summed E-state index contributed by atoms with van der Waals surface area (Å²) in [5.41, 5.74) is -1.56. The molecule has 0 radical (unpaired) electrons. The highest BCUT2D eigenvalue weighted by molar-refractivity contribution is 6.31. The van der Waals surface area contributed by atoms with Gasteiger partial charge in [-0.3, -0.25) is 14.2 Å². The standard InChI is InChI=1S/C23H21ClF2N2O5/c1-10(20(30)27-23(3,4)22(32)33)16-11(2)28(21(31)12-6-5-7-13(24)8-12)15-9-14(25)19(29)18(26)17(15)16/h5-10,29H,1-4H3,(H,27,30)(H,32,33)/t10-/m1/s1. The molecular weight excluding hydrogens is 458 g/mol. The fraction of sp³-hybridized carbons (Fsp3) is 0.261. The SMILES string of the molecule is Cc1c([C@@H](C)C(=O)NC(C)(C)C(=O)O)c2c(F)c(O)c(F)cc2n1C(=O)c1cccc(Cl)c1. The average molecular weight is 479 g/mol. The van der Waals surface area contributed by atoms with E-state index in [1.165, 1.54) is 45.9 Å². The van der Waals surface area contributed by atoms with Gasteiger partial charge in [0.05, 0.1) is 11.4 Å². The molecule has 1 amide bonds. The van der Waals surface area contributed by atoms with E-state index < -0.39 is 46.6 Å². The van der Waals surface area contributed by atoms with Gasteiger partial charge in [0.25, 0.3) is 5.91 Å². The second kappa shape index (κ2) is 8.47. The van der Waals surface area contributed by atoms with Crippen molar-refractivity contribution in [1.29, 1.82) is 0 Å². The van der Waals surface area contributed by atoms with Crippen molar-refractivity contribution in [3.63, 3.8) is 0 Å². The number of phenols is 1. The van der Waals surface area contributed by atoms with E-state index in [1.54, 1.807) is 6.07 Å². The Morgan fingerprint density at radius 2 is 1.82 bits per heavy atom. The number of benzene rings is 2. The Kier molecular flexibility index (Phi) is 6.21. The van der Waals surface area contributed by atoms with Crippen molar-refractivity contribution in [1.82, 2.24) is 9.88 Å². The maximum atomic E-state index is 15.1. The molecular formula is C23H21ClF2N2O5. The fourth-order valence-corrected chi connectivity index (χ4v) is 3.84. The van der Waals surface area contributed by atoms with Crippen molar-refractivity contribution in [3.8, 4) is 5.75 Å². The lowest BCUT2D eigenvalue weighted by Crippen LogP contribution is -2.50.